The lowest BCUT2D eigenvalue weighted by Gasteiger charge is -2.14. The first-order valence-electron chi connectivity index (χ1n) is 12.1. The minimum absolute atomic E-state index is 1.16. The number of hydrogen-bond acceptors (Lipinski definition) is 2. The van der Waals surface area contributed by atoms with E-state index in [1.165, 1.54) is 64.2 Å². The molecule has 0 aliphatic heterocycles. The van der Waals surface area contributed by atoms with Gasteiger partial charge in [-0.05, 0) is 47.5 Å². The Kier molecular flexibility index (Phi) is 4.13. The van der Waals surface area contributed by atoms with Gasteiger partial charge in [0.2, 0.25) is 0 Å². The molecule has 0 unspecified atom stereocenters. The molecular formula is C33H20N2S. The average molecular weight is 477 g/mol. The van der Waals surface area contributed by atoms with Crippen molar-refractivity contribution in [3.8, 4) is 16.8 Å². The molecule has 0 radical (unpaired) electrons. The zero-order chi connectivity index (χ0) is 23.6. The second-order valence-electron chi connectivity index (χ2n) is 9.24. The third kappa shape index (κ3) is 2.75. The lowest BCUT2D eigenvalue weighted by atomic mass is 9.98. The highest BCUT2D eigenvalue weighted by atomic mass is 32.1. The molecule has 8 aromatic rings. The van der Waals surface area contributed by atoms with Crippen LogP contribution in [0.5, 0.6) is 0 Å². The van der Waals surface area contributed by atoms with Crippen molar-refractivity contribution in [1.29, 1.82) is 0 Å². The van der Waals surface area contributed by atoms with Gasteiger partial charge in [-0.1, -0.05) is 72.8 Å². The second kappa shape index (κ2) is 7.51. The SMILES string of the molecule is c1ccc(-c2ccc(-n3c4ccccc4c4cc5sc6ccccc6c5cc43)c3ccncc23)cc1. The van der Waals surface area contributed by atoms with E-state index in [4.69, 9.17) is 0 Å². The normalized spacial score (nSPS) is 11.9. The van der Waals surface area contributed by atoms with Crippen LogP contribution in [0.2, 0.25) is 0 Å². The molecular weight excluding hydrogens is 456 g/mol. The molecule has 2 nitrogen and oxygen atoms in total. The van der Waals surface area contributed by atoms with E-state index in [1.807, 2.05) is 23.7 Å². The van der Waals surface area contributed by atoms with Crippen molar-refractivity contribution in [3.63, 3.8) is 0 Å². The summed E-state index contributed by atoms with van der Waals surface area (Å²) in [5.74, 6) is 0. The molecule has 0 amide bonds. The van der Waals surface area contributed by atoms with Crippen molar-refractivity contribution in [2.75, 3.05) is 0 Å². The summed E-state index contributed by atoms with van der Waals surface area (Å²) < 4.78 is 5.10. The third-order valence-electron chi connectivity index (χ3n) is 7.29. The summed E-state index contributed by atoms with van der Waals surface area (Å²) in [7, 11) is 0. The van der Waals surface area contributed by atoms with Crippen LogP contribution >= 0.6 is 11.3 Å². The van der Waals surface area contributed by atoms with Crippen LogP contribution in [0.25, 0.3) is 69.6 Å². The summed E-state index contributed by atoms with van der Waals surface area (Å²) in [6, 6.07) is 39.5. The third-order valence-corrected chi connectivity index (χ3v) is 8.43. The largest absolute Gasteiger partial charge is 0.309 e. The zero-order valence-corrected chi connectivity index (χ0v) is 20.2. The van der Waals surface area contributed by atoms with E-state index in [0.717, 1.165) is 5.39 Å². The van der Waals surface area contributed by atoms with Crippen molar-refractivity contribution < 1.29 is 0 Å². The lowest BCUT2D eigenvalue weighted by Crippen LogP contribution is -1.96. The molecule has 0 atom stereocenters. The number of hydrogen-bond donors (Lipinski definition) is 0. The minimum Gasteiger partial charge on any atom is -0.309 e. The van der Waals surface area contributed by atoms with E-state index in [9.17, 15) is 0 Å². The van der Waals surface area contributed by atoms with Crippen LogP contribution in [0, 0.1) is 0 Å². The molecule has 0 fully saturated rings. The molecule has 0 spiro atoms. The van der Waals surface area contributed by atoms with Crippen LogP contribution in [0.3, 0.4) is 0 Å². The molecule has 168 valence electrons. The highest BCUT2D eigenvalue weighted by Crippen LogP contribution is 2.42. The summed E-state index contributed by atoms with van der Waals surface area (Å²) in [4.78, 5) is 4.51. The van der Waals surface area contributed by atoms with Crippen molar-refractivity contribution in [3.05, 3.63) is 122 Å². The Bertz CT molecular complexity index is 2100. The van der Waals surface area contributed by atoms with E-state index in [0.29, 0.717) is 0 Å². The van der Waals surface area contributed by atoms with Gasteiger partial charge in [0, 0.05) is 54.1 Å². The first-order chi connectivity index (χ1) is 17.9. The van der Waals surface area contributed by atoms with Gasteiger partial charge in [-0.2, -0.15) is 0 Å². The fourth-order valence-electron chi connectivity index (χ4n) is 5.69. The number of pyridine rings is 1. The number of benzene rings is 5. The maximum atomic E-state index is 4.51. The summed E-state index contributed by atoms with van der Waals surface area (Å²) in [5, 5.41) is 7.57. The van der Waals surface area contributed by atoms with Crippen molar-refractivity contribution in [2.45, 2.75) is 0 Å². The Morgan fingerprint density at radius 2 is 1.33 bits per heavy atom. The topological polar surface area (TPSA) is 17.8 Å². The van der Waals surface area contributed by atoms with Gasteiger partial charge in [0.1, 0.15) is 0 Å². The van der Waals surface area contributed by atoms with Gasteiger partial charge in [-0.3, -0.25) is 4.98 Å². The smallest absolute Gasteiger partial charge is 0.0548 e. The van der Waals surface area contributed by atoms with Crippen molar-refractivity contribution in [1.82, 2.24) is 9.55 Å². The Labute approximate surface area is 211 Å². The van der Waals surface area contributed by atoms with Crippen LogP contribution in [0.15, 0.2) is 122 Å². The van der Waals surface area contributed by atoms with Gasteiger partial charge in [-0.15, -0.1) is 11.3 Å². The van der Waals surface area contributed by atoms with Crippen LogP contribution in [0.4, 0.5) is 0 Å². The zero-order valence-electron chi connectivity index (χ0n) is 19.3. The minimum atomic E-state index is 1.16. The number of fused-ring (bicyclic) bond motifs is 7. The number of nitrogens with zero attached hydrogens (tertiary/aromatic N) is 2. The quantitative estimate of drug-likeness (QED) is 0.243. The number of thiophene rings is 1. The van der Waals surface area contributed by atoms with Gasteiger partial charge in [0.25, 0.3) is 0 Å². The lowest BCUT2D eigenvalue weighted by molar-refractivity contribution is 1.20. The molecule has 3 heterocycles. The van der Waals surface area contributed by atoms with Crippen LogP contribution in [-0.2, 0) is 0 Å². The summed E-state index contributed by atoms with van der Waals surface area (Å²) in [5.41, 5.74) is 6.04. The fourth-order valence-corrected chi connectivity index (χ4v) is 6.81. The van der Waals surface area contributed by atoms with Gasteiger partial charge in [0.15, 0.2) is 0 Å². The molecule has 0 bridgehead atoms. The molecule has 5 aromatic carbocycles. The van der Waals surface area contributed by atoms with Crippen molar-refractivity contribution in [2.24, 2.45) is 0 Å². The van der Waals surface area contributed by atoms with E-state index in [2.05, 4.69) is 119 Å². The number of aromatic nitrogens is 2. The summed E-state index contributed by atoms with van der Waals surface area (Å²) in [6.07, 6.45) is 3.90. The maximum absolute atomic E-state index is 4.51. The van der Waals surface area contributed by atoms with Crippen LogP contribution < -0.4 is 0 Å². The molecule has 0 aliphatic carbocycles. The average Bonchev–Trinajstić information content (AvgIpc) is 3.46. The number of para-hydroxylation sites is 1. The van der Waals surface area contributed by atoms with E-state index in [1.54, 1.807) is 0 Å². The predicted molar refractivity (Wildman–Crippen MR) is 154 cm³/mol. The molecule has 0 saturated carbocycles. The standard InChI is InChI=1S/C33H20N2S/c1-2-8-21(9-3-1)22-14-15-30(24-16-17-34-20-28(22)24)35-29-12-6-4-10-23(29)26-19-33-27(18-31(26)35)25-11-5-7-13-32(25)36-33/h1-20H. The highest BCUT2D eigenvalue weighted by molar-refractivity contribution is 7.25. The van der Waals surface area contributed by atoms with Crippen LogP contribution in [0.1, 0.15) is 0 Å². The molecule has 0 aliphatic rings. The molecule has 36 heavy (non-hydrogen) atoms. The fraction of sp³-hybridized carbons (Fsp3) is 0. The van der Waals surface area contributed by atoms with E-state index >= 15 is 0 Å². The summed E-state index contributed by atoms with van der Waals surface area (Å²) >= 11 is 1.87. The Balaban J connectivity index is 1.52. The van der Waals surface area contributed by atoms with Gasteiger partial charge >= 0.3 is 0 Å². The molecule has 3 aromatic heterocycles. The highest BCUT2D eigenvalue weighted by Gasteiger charge is 2.17. The first kappa shape index (κ1) is 19.8. The molecule has 0 N–H and O–H groups in total. The van der Waals surface area contributed by atoms with Crippen LogP contribution in [-0.4, -0.2) is 9.55 Å². The van der Waals surface area contributed by atoms with Gasteiger partial charge in [0.05, 0.1) is 16.7 Å². The molecule has 0 saturated heterocycles. The Morgan fingerprint density at radius 3 is 2.25 bits per heavy atom. The van der Waals surface area contributed by atoms with Gasteiger partial charge < -0.3 is 4.57 Å². The predicted octanol–water partition coefficient (Wildman–Crippen LogP) is 9.37. The molecule has 3 heteroatoms. The Hall–Kier alpha value is -4.47. The number of rotatable bonds is 2. The second-order valence-corrected chi connectivity index (χ2v) is 10.3. The first-order valence-corrected chi connectivity index (χ1v) is 13.0. The Morgan fingerprint density at radius 1 is 0.528 bits per heavy atom. The van der Waals surface area contributed by atoms with Crippen molar-refractivity contribution >= 4 is 64.1 Å². The molecule has 8 rings (SSSR count). The maximum Gasteiger partial charge on any atom is 0.0548 e. The van der Waals surface area contributed by atoms with E-state index < -0.39 is 0 Å². The monoisotopic (exact) mass is 476 g/mol. The van der Waals surface area contributed by atoms with E-state index in [-0.39, 0.29) is 0 Å². The van der Waals surface area contributed by atoms with Gasteiger partial charge in [-0.25, -0.2) is 0 Å². The summed E-state index contributed by atoms with van der Waals surface area (Å²) in [6.45, 7) is 0.